The van der Waals surface area contributed by atoms with Crippen LogP contribution in [0.3, 0.4) is 0 Å². The number of hydrogen-bond acceptors (Lipinski definition) is 2. The Morgan fingerprint density at radius 2 is 1.08 bits per heavy atom. The summed E-state index contributed by atoms with van der Waals surface area (Å²) in [5.41, 5.74) is 26.7. The minimum atomic E-state index is -0.155. The third-order valence-corrected chi connectivity index (χ3v) is 16.5. The molecule has 0 saturated carbocycles. The predicted molar refractivity (Wildman–Crippen MR) is 280 cm³/mol. The molecule has 3 nitrogen and oxygen atoms in total. The van der Waals surface area contributed by atoms with Crippen LogP contribution < -0.4 is 15.7 Å². The maximum absolute atomic E-state index is 6.82. The first-order valence-electron chi connectivity index (χ1n) is 24.0. The van der Waals surface area contributed by atoms with E-state index in [1.54, 1.807) is 0 Å². The number of furan rings is 1. The van der Waals surface area contributed by atoms with Crippen LogP contribution in [0.2, 0.25) is 0 Å². The molecule has 14 rings (SSSR count). The largest absolute Gasteiger partial charge is 0.456 e. The molecule has 0 amide bonds. The summed E-state index contributed by atoms with van der Waals surface area (Å²) in [4.78, 5) is 2.69. The number of nitrogens with zero attached hydrogens (tertiary/aromatic N) is 2. The van der Waals surface area contributed by atoms with Gasteiger partial charge in [0.15, 0.2) is 0 Å². The maximum atomic E-state index is 6.82. The van der Waals surface area contributed by atoms with Gasteiger partial charge in [-0.25, -0.2) is 0 Å². The topological polar surface area (TPSA) is 21.3 Å². The molecule has 4 aliphatic rings. The SMILES string of the molecule is CC(C)(C)c1ccc(N2B3c4cc5c(cc4-n4c6cc7c(cc6c6ccc(c3c64)-c3cc4oc6ccc(C(C)(C)C)cc6c4cc32)-c2ccccc2C7(C)C)C(C)(C)c2ccccc2-5)cc1. The van der Waals surface area contributed by atoms with Crippen molar-refractivity contribution in [1.82, 2.24) is 4.57 Å². The summed E-state index contributed by atoms with van der Waals surface area (Å²) < 4.78 is 9.50. The molecule has 0 spiro atoms. The predicted octanol–water partition coefficient (Wildman–Crippen LogP) is 15.1. The second-order valence-electron chi connectivity index (χ2n) is 23.0. The zero-order valence-corrected chi connectivity index (χ0v) is 39.7. The molecule has 2 aromatic heterocycles. The number of aromatic nitrogens is 1. The molecule has 0 bridgehead atoms. The lowest BCUT2D eigenvalue weighted by Gasteiger charge is -2.42. The number of fused-ring (bicyclic) bond motifs is 17. The van der Waals surface area contributed by atoms with Crippen molar-refractivity contribution in [2.45, 2.75) is 90.9 Å². The Bertz CT molecular complexity index is 3840. The molecule has 8 aromatic carbocycles. The van der Waals surface area contributed by atoms with Gasteiger partial charge in [0.05, 0.1) is 11.0 Å². The fraction of sp³-hybridized carbons (Fsp3) is 0.226. The summed E-state index contributed by atoms with van der Waals surface area (Å²) in [6, 6.07) is 54.3. The smallest absolute Gasteiger partial charge is 0.333 e. The Morgan fingerprint density at radius 3 is 1.76 bits per heavy atom. The van der Waals surface area contributed by atoms with E-state index in [0.29, 0.717) is 0 Å². The molecule has 4 heteroatoms. The van der Waals surface area contributed by atoms with Crippen LogP contribution in [0.15, 0.2) is 144 Å². The number of anilines is 2. The number of rotatable bonds is 1. The van der Waals surface area contributed by atoms with Crippen molar-refractivity contribution in [3.05, 3.63) is 173 Å². The first-order chi connectivity index (χ1) is 31.5. The van der Waals surface area contributed by atoms with Gasteiger partial charge in [0.2, 0.25) is 0 Å². The van der Waals surface area contributed by atoms with Gasteiger partial charge in [-0.2, -0.15) is 0 Å². The molecule has 0 unspecified atom stereocenters. The first kappa shape index (κ1) is 38.5. The Morgan fingerprint density at radius 1 is 0.455 bits per heavy atom. The first-order valence-corrected chi connectivity index (χ1v) is 24.0. The van der Waals surface area contributed by atoms with Gasteiger partial charge in [-0.05, 0) is 138 Å². The molecule has 0 fully saturated rings. The van der Waals surface area contributed by atoms with Crippen LogP contribution in [0.1, 0.15) is 103 Å². The average Bonchev–Trinajstić information content (AvgIpc) is 3.96. The van der Waals surface area contributed by atoms with Crippen LogP contribution in [-0.4, -0.2) is 11.4 Å². The monoisotopic (exact) mass is 852 g/mol. The molecule has 10 aromatic rings. The van der Waals surface area contributed by atoms with Gasteiger partial charge < -0.3 is 13.8 Å². The summed E-state index contributed by atoms with van der Waals surface area (Å²) in [6.07, 6.45) is 0. The molecule has 66 heavy (non-hydrogen) atoms. The second kappa shape index (κ2) is 12.2. The van der Waals surface area contributed by atoms with E-state index in [9.17, 15) is 0 Å². The van der Waals surface area contributed by atoms with Crippen molar-refractivity contribution in [3.8, 4) is 39.1 Å². The van der Waals surface area contributed by atoms with Crippen LogP contribution in [-0.2, 0) is 21.7 Å². The highest BCUT2D eigenvalue weighted by Crippen LogP contribution is 2.55. The van der Waals surface area contributed by atoms with Gasteiger partial charge in [0.25, 0.3) is 0 Å². The van der Waals surface area contributed by atoms with Crippen molar-refractivity contribution < 1.29 is 4.42 Å². The van der Waals surface area contributed by atoms with Crippen LogP contribution in [0.5, 0.6) is 0 Å². The summed E-state index contributed by atoms with van der Waals surface area (Å²) >= 11 is 0. The van der Waals surface area contributed by atoms with E-state index in [2.05, 4.69) is 218 Å². The standard InChI is InChI=1S/C62H53BN2O/c1-59(2,3)34-19-22-36(23-20-34)65-53-30-46-45-27-35(60(4,5)6)21-26-55(45)66-56(46)31-44(53)39-24-25-40-43-28-41-37-15-11-13-17-47(37)61(7,8)49(41)32-52(43)64-54-33-50-42(29-51(54)63(65)57(39)58(40)64)38-16-12-14-18-48(38)62(50,9)10/h11-33H,1-10H3. The summed E-state index contributed by atoms with van der Waals surface area (Å²) in [7, 11) is 0. The molecule has 0 N–H and O–H groups in total. The van der Waals surface area contributed by atoms with Gasteiger partial charge in [-0.15, -0.1) is 0 Å². The molecular weight excluding hydrogens is 800 g/mol. The third-order valence-electron chi connectivity index (χ3n) is 16.5. The lowest BCUT2D eigenvalue weighted by atomic mass is 9.43. The summed E-state index contributed by atoms with van der Waals surface area (Å²) in [6.45, 7) is 23.4. The third kappa shape index (κ3) is 4.75. The summed E-state index contributed by atoms with van der Waals surface area (Å²) in [5.74, 6) is 0. The van der Waals surface area contributed by atoms with E-state index >= 15 is 0 Å². The number of benzene rings is 8. The minimum Gasteiger partial charge on any atom is -0.456 e. The molecule has 320 valence electrons. The van der Waals surface area contributed by atoms with Gasteiger partial charge in [-0.3, -0.25) is 0 Å². The molecule has 4 heterocycles. The van der Waals surface area contributed by atoms with Crippen LogP contribution in [0, 0.1) is 0 Å². The quantitative estimate of drug-likeness (QED) is 0.153. The van der Waals surface area contributed by atoms with E-state index in [0.717, 1.165) is 16.6 Å². The Hall–Kier alpha value is -6.78. The van der Waals surface area contributed by atoms with E-state index in [1.807, 2.05) is 0 Å². The fourth-order valence-corrected chi connectivity index (χ4v) is 12.9. The van der Waals surface area contributed by atoms with Crippen LogP contribution in [0.25, 0.3) is 82.8 Å². The van der Waals surface area contributed by atoms with Crippen molar-refractivity contribution >= 4 is 72.9 Å². The van der Waals surface area contributed by atoms with Crippen LogP contribution >= 0.6 is 0 Å². The van der Waals surface area contributed by atoms with Crippen molar-refractivity contribution in [2.75, 3.05) is 4.81 Å². The highest BCUT2D eigenvalue weighted by molar-refractivity contribution is 6.93. The molecular formula is C62H53BN2O. The van der Waals surface area contributed by atoms with Gasteiger partial charge >= 0.3 is 6.85 Å². The van der Waals surface area contributed by atoms with Gasteiger partial charge in [0.1, 0.15) is 11.2 Å². The molecule has 2 aliphatic carbocycles. The van der Waals surface area contributed by atoms with Crippen LogP contribution in [0.4, 0.5) is 11.4 Å². The Labute approximate surface area is 387 Å². The molecule has 2 aliphatic heterocycles. The zero-order chi connectivity index (χ0) is 45.1. The van der Waals surface area contributed by atoms with Gasteiger partial charge in [-0.1, -0.05) is 154 Å². The second-order valence-corrected chi connectivity index (χ2v) is 23.0. The fourth-order valence-electron chi connectivity index (χ4n) is 12.9. The highest BCUT2D eigenvalue weighted by Gasteiger charge is 2.47. The Kier molecular flexibility index (Phi) is 7.09. The van der Waals surface area contributed by atoms with Gasteiger partial charge in [0, 0.05) is 55.0 Å². The lowest BCUT2D eigenvalue weighted by molar-refractivity contribution is 0.590. The maximum Gasteiger partial charge on any atom is 0.333 e. The average molecular weight is 853 g/mol. The van der Waals surface area contributed by atoms with E-state index < -0.39 is 0 Å². The van der Waals surface area contributed by atoms with E-state index in [1.165, 1.54) is 122 Å². The lowest BCUT2D eigenvalue weighted by Crippen LogP contribution is -2.60. The van der Waals surface area contributed by atoms with Crippen molar-refractivity contribution in [1.29, 1.82) is 0 Å². The van der Waals surface area contributed by atoms with E-state index in [-0.39, 0.29) is 28.5 Å². The van der Waals surface area contributed by atoms with E-state index in [4.69, 9.17) is 4.42 Å². The number of hydrogen-bond donors (Lipinski definition) is 0. The van der Waals surface area contributed by atoms with Crippen molar-refractivity contribution in [2.24, 2.45) is 0 Å². The molecule has 0 radical (unpaired) electrons. The normalized spacial score (nSPS) is 15.9. The van der Waals surface area contributed by atoms with Crippen molar-refractivity contribution in [3.63, 3.8) is 0 Å². The zero-order valence-electron chi connectivity index (χ0n) is 39.7. The molecule has 0 saturated heterocycles. The molecule has 0 atom stereocenters. The minimum absolute atomic E-state index is 0.00807. The summed E-state index contributed by atoms with van der Waals surface area (Å²) in [5, 5.41) is 4.94. The highest BCUT2D eigenvalue weighted by atomic mass is 16.3. The Balaban J connectivity index is 1.14.